The van der Waals surface area contributed by atoms with E-state index in [4.69, 9.17) is 15.2 Å². The van der Waals surface area contributed by atoms with Crippen LogP contribution in [-0.4, -0.2) is 37.7 Å². The van der Waals surface area contributed by atoms with Crippen molar-refractivity contribution in [2.24, 2.45) is 11.7 Å². The molecule has 2 heterocycles. The zero-order valence-corrected chi connectivity index (χ0v) is 11.2. The highest BCUT2D eigenvalue weighted by atomic mass is 16.6. The number of hydrogen-bond acceptors (Lipinski definition) is 4. The molecule has 2 N–H and O–H groups in total. The van der Waals surface area contributed by atoms with E-state index >= 15 is 0 Å². The molecule has 104 valence electrons. The van der Waals surface area contributed by atoms with E-state index < -0.39 is 0 Å². The Morgan fingerprint density at radius 2 is 2.17 bits per heavy atom. The maximum absolute atomic E-state index is 12.2. The minimum Gasteiger partial charge on any atom is -0.378 e. The van der Waals surface area contributed by atoms with Crippen LogP contribution in [0.2, 0.25) is 0 Å². The molecule has 2 rings (SSSR count). The predicted octanol–water partition coefficient (Wildman–Crippen LogP) is 1.66. The van der Waals surface area contributed by atoms with Gasteiger partial charge in [0.05, 0.1) is 12.2 Å². The Hall–Kier alpha value is -0.450. The molecular weight excluding hydrogens is 230 g/mol. The van der Waals surface area contributed by atoms with Crippen LogP contribution in [0.25, 0.3) is 0 Å². The van der Waals surface area contributed by atoms with Crippen LogP contribution in [-0.2, 0) is 14.3 Å². The first kappa shape index (κ1) is 14.0. The molecular formula is C14H25NO3. The monoisotopic (exact) mass is 255 g/mol. The fourth-order valence-corrected chi connectivity index (χ4v) is 2.99. The van der Waals surface area contributed by atoms with Crippen LogP contribution < -0.4 is 5.73 Å². The van der Waals surface area contributed by atoms with Crippen LogP contribution in [0, 0.1) is 5.92 Å². The highest BCUT2D eigenvalue weighted by Gasteiger charge is 2.42. The average Bonchev–Trinajstić information content (AvgIpc) is 2.82. The van der Waals surface area contributed by atoms with Crippen molar-refractivity contribution in [1.29, 1.82) is 0 Å². The van der Waals surface area contributed by atoms with Gasteiger partial charge in [0.15, 0.2) is 0 Å². The van der Waals surface area contributed by atoms with Crippen LogP contribution in [0.15, 0.2) is 0 Å². The maximum Gasteiger partial charge on any atom is 0.136 e. The molecule has 0 amide bonds. The van der Waals surface area contributed by atoms with Crippen LogP contribution in [0.1, 0.15) is 44.9 Å². The van der Waals surface area contributed by atoms with Gasteiger partial charge in [0.2, 0.25) is 0 Å². The number of carbonyl (C=O) groups is 1. The number of unbranched alkanes of at least 4 members (excludes halogenated alkanes) is 2. The standard InChI is InChI=1S/C14H25NO3/c15-7-3-1-2-4-13(16)12-5-8-18-14(10-12)6-9-17-11-14/h12H,1-11,15H2. The molecule has 2 atom stereocenters. The molecule has 2 unspecified atom stereocenters. The lowest BCUT2D eigenvalue weighted by Gasteiger charge is -2.36. The number of rotatable bonds is 6. The third-order valence-electron chi connectivity index (χ3n) is 4.14. The summed E-state index contributed by atoms with van der Waals surface area (Å²) in [6.45, 7) is 2.88. The van der Waals surface area contributed by atoms with E-state index in [1.165, 1.54) is 0 Å². The van der Waals surface area contributed by atoms with Crippen molar-refractivity contribution < 1.29 is 14.3 Å². The second kappa shape index (κ2) is 6.64. The summed E-state index contributed by atoms with van der Waals surface area (Å²) in [4.78, 5) is 12.2. The first-order chi connectivity index (χ1) is 8.76. The molecule has 0 radical (unpaired) electrons. The van der Waals surface area contributed by atoms with Crippen LogP contribution in [0.4, 0.5) is 0 Å². The van der Waals surface area contributed by atoms with E-state index in [9.17, 15) is 4.79 Å². The summed E-state index contributed by atoms with van der Waals surface area (Å²) in [6, 6.07) is 0. The third-order valence-corrected chi connectivity index (χ3v) is 4.14. The van der Waals surface area contributed by atoms with Crippen molar-refractivity contribution in [3.63, 3.8) is 0 Å². The lowest BCUT2D eigenvalue weighted by Crippen LogP contribution is -2.42. The number of Topliss-reactive ketones (excluding diaryl/α,β-unsaturated/α-hetero) is 1. The van der Waals surface area contributed by atoms with Gasteiger partial charge in [-0.2, -0.15) is 0 Å². The third kappa shape index (κ3) is 3.53. The molecule has 2 aliphatic heterocycles. The van der Waals surface area contributed by atoms with Gasteiger partial charge in [-0.25, -0.2) is 0 Å². The molecule has 0 aliphatic carbocycles. The summed E-state index contributed by atoms with van der Waals surface area (Å²) in [7, 11) is 0. The molecule has 0 aromatic carbocycles. The Balaban J connectivity index is 1.75. The van der Waals surface area contributed by atoms with Crippen molar-refractivity contribution in [2.75, 3.05) is 26.4 Å². The molecule has 2 aliphatic rings. The molecule has 0 aromatic rings. The Morgan fingerprint density at radius 1 is 1.28 bits per heavy atom. The normalized spacial score (nSPS) is 31.9. The highest BCUT2D eigenvalue weighted by molar-refractivity contribution is 5.81. The van der Waals surface area contributed by atoms with Gasteiger partial charge in [-0.15, -0.1) is 0 Å². The first-order valence-corrected chi connectivity index (χ1v) is 7.20. The van der Waals surface area contributed by atoms with E-state index in [-0.39, 0.29) is 11.5 Å². The Bertz CT molecular complexity index is 274. The second-order valence-corrected chi connectivity index (χ2v) is 5.59. The molecule has 4 heteroatoms. The van der Waals surface area contributed by atoms with E-state index in [1.807, 2.05) is 0 Å². The molecule has 18 heavy (non-hydrogen) atoms. The summed E-state index contributed by atoms with van der Waals surface area (Å²) < 4.78 is 11.3. The van der Waals surface area contributed by atoms with Gasteiger partial charge < -0.3 is 15.2 Å². The molecule has 2 saturated heterocycles. The lowest BCUT2D eigenvalue weighted by atomic mass is 9.82. The Morgan fingerprint density at radius 3 is 2.89 bits per heavy atom. The molecule has 0 aromatic heterocycles. The molecule has 1 spiro atoms. The largest absolute Gasteiger partial charge is 0.378 e. The fourth-order valence-electron chi connectivity index (χ4n) is 2.99. The van der Waals surface area contributed by atoms with E-state index in [0.29, 0.717) is 25.4 Å². The van der Waals surface area contributed by atoms with Gasteiger partial charge in [-0.1, -0.05) is 6.42 Å². The van der Waals surface area contributed by atoms with Gasteiger partial charge >= 0.3 is 0 Å². The summed E-state index contributed by atoms with van der Waals surface area (Å²) in [6.07, 6.45) is 6.49. The van der Waals surface area contributed by atoms with Gasteiger partial charge in [0, 0.05) is 32.0 Å². The van der Waals surface area contributed by atoms with Gasteiger partial charge in [0.25, 0.3) is 0 Å². The predicted molar refractivity (Wildman–Crippen MR) is 69.4 cm³/mol. The Kier molecular flexibility index (Phi) is 5.15. The van der Waals surface area contributed by atoms with Crippen LogP contribution in [0.3, 0.4) is 0 Å². The topological polar surface area (TPSA) is 61.6 Å². The lowest BCUT2D eigenvalue weighted by molar-refractivity contribution is -0.137. The van der Waals surface area contributed by atoms with Crippen LogP contribution >= 0.6 is 0 Å². The smallest absolute Gasteiger partial charge is 0.136 e. The number of ketones is 1. The maximum atomic E-state index is 12.2. The highest BCUT2D eigenvalue weighted by Crippen LogP contribution is 2.36. The number of carbonyl (C=O) groups excluding carboxylic acids is 1. The van der Waals surface area contributed by atoms with Crippen molar-refractivity contribution >= 4 is 5.78 Å². The molecule has 2 fully saturated rings. The molecule has 0 saturated carbocycles. The zero-order chi connectivity index (χ0) is 12.8. The van der Waals surface area contributed by atoms with E-state index in [0.717, 1.165) is 51.7 Å². The first-order valence-electron chi connectivity index (χ1n) is 7.20. The fraction of sp³-hybridized carbons (Fsp3) is 0.929. The Labute approximate surface area is 109 Å². The van der Waals surface area contributed by atoms with E-state index in [1.54, 1.807) is 0 Å². The minimum absolute atomic E-state index is 0.143. The van der Waals surface area contributed by atoms with Crippen molar-refractivity contribution in [3.05, 3.63) is 0 Å². The number of hydrogen-bond donors (Lipinski definition) is 1. The summed E-state index contributed by atoms with van der Waals surface area (Å²) in [5, 5.41) is 0. The summed E-state index contributed by atoms with van der Waals surface area (Å²) in [5.41, 5.74) is 5.31. The van der Waals surface area contributed by atoms with E-state index in [2.05, 4.69) is 0 Å². The molecule has 4 nitrogen and oxygen atoms in total. The van der Waals surface area contributed by atoms with Crippen molar-refractivity contribution in [3.8, 4) is 0 Å². The van der Waals surface area contributed by atoms with Gasteiger partial charge in [-0.05, 0) is 32.2 Å². The second-order valence-electron chi connectivity index (χ2n) is 5.59. The van der Waals surface area contributed by atoms with Crippen molar-refractivity contribution in [1.82, 2.24) is 0 Å². The SMILES string of the molecule is NCCCCCC(=O)C1CCOC2(CCOC2)C1. The minimum atomic E-state index is -0.143. The molecule has 0 bridgehead atoms. The quantitative estimate of drug-likeness (QED) is 0.733. The van der Waals surface area contributed by atoms with Crippen molar-refractivity contribution in [2.45, 2.75) is 50.5 Å². The van der Waals surface area contributed by atoms with Gasteiger partial charge in [0.1, 0.15) is 5.78 Å². The number of nitrogens with two attached hydrogens (primary N) is 1. The zero-order valence-electron chi connectivity index (χ0n) is 11.2. The van der Waals surface area contributed by atoms with Crippen LogP contribution in [0.5, 0.6) is 0 Å². The number of ether oxygens (including phenoxy) is 2. The van der Waals surface area contributed by atoms with Gasteiger partial charge in [-0.3, -0.25) is 4.79 Å². The summed E-state index contributed by atoms with van der Waals surface area (Å²) >= 11 is 0. The average molecular weight is 255 g/mol. The summed E-state index contributed by atoms with van der Waals surface area (Å²) in [5.74, 6) is 0.611.